The molecule has 206 valence electrons. The Morgan fingerprint density at radius 1 is 1.20 bits per heavy atom. The number of fused-ring (bicyclic) bond motifs is 1. The van der Waals surface area contributed by atoms with Gasteiger partial charge in [0.25, 0.3) is 0 Å². The van der Waals surface area contributed by atoms with Crippen LogP contribution in [0.25, 0.3) is 21.6 Å². The lowest BCUT2D eigenvalue weighted by atomic mass is 10.1. The first-order valence-electron chi connectivity index (χ1n) is 13.0. The molecular formula is C28H27N5O6S. The maximum absolute atomic E-state index is 13.5. The average Bonchev–Trinajstić information content (AvgIpc) is 3.37. The highest BCUT2D eigenvalue weighted by Gasteiger charge is 2.61. The molecule has 11 nitrogen and oxygen atoms in total. The van der Waals surface area contributed by atoms with Crippen LogP contribution in [-0.4, -0.2) is 73.9 Å². The van der Waals surface area contributed by atoms with E-state index in [0.29, 0.717) is 23.1 Å². The number of thiophene rings is 1. The number of ether oxygens (including phenoxy) is 1. The van der Waals surface area contributed by atoms with E-state index < -0.39 is 47.4 Å². The highest BCUT2D eigenvalue weighted by Crippen LogP contribution is 2.45. The fourth-order valence-electron chi connectivity index (χ4n) is 5.49. The Kier molecular flexibility index (Phi) is 6.49. The molecule has 3 aromatic rings. The summed E-state index contributed by atoms with van der Waals surface area (Å²) in [6, 6.07) is 9.49. The number of hydrogen-bond acceptors (Lipinski definition) is 8. The fourth-order valence-corrected chi connectivity index (χ4v) is 6.20. The monoisotopic (exact) mass is 561 g/mol. The van der Waals surface area contributed by atoms with Gasteiger partial charge in [0, 0.05) is 18.8 Å². The molecule has 1 aliphatic carbocycles. The quantitative estimate of drug-likeness (QED) is 0.354. The molecule has 4 heterocycles. The van der Waals surface area contributed by atoms with Crippen LogP contribution in [0.1, 0.15) is 25.7 Å². The Labute approximate surface area is 233 Å². The molecule has 0 bridgehead atoms. The van der Waals surface area contributed by atoms with E-state index in [2.05, 4.69) is 17.2 Å². The molecule has 3 aliphatic rings. The maximum atomic E-state index is 13.5. The van der Waals surface area contributed by atoms with Crippen LogP contribution in [0.15, 0.2) is 54.4 Å². The summed E-state index contributed by atoms with van der Waals surface area (Å²) in [7, 11) is 0. The molecule has 3 N–H and O–H groups in total. The predicted octanol–water partition coefficient (Wildman–Crippen LogP) is 2.13. The van der Waals surface area contributed by atoms with Gasteiger partial charge in [-0.3, -0.25) is 14.4 Å². The van der Waals surface area contributed by atoms with Crippen molar-refractivity contribution in [1.29, 1.82) is 0 Å². The van der Waals surface area contributed by atoms with Gasteiger partial charge in [0.1, 0.15) is 29.4 Å². The van der Waals surface area contributed by atoms with Gasteiger partial charge < -0.3 is 25.4 Å². The number of likely N-dealkylation sites (tertiary alicyclic amines) is 1. The van der Waals surface area contributed by atoms with Gasteiger partial charge in [0.15, 0.2) is 0 Å². The van der Waals surface area contributed by atoms with E-state index in [-0.39, 0.29) is 37.6 Å². The second kappa shape index (κ2) is 10.0. The van der Waals surface area contributed by atoms with Crippen LogP contribution in [-0.2, 0) is 19.2 Å². The van der Waals surface area contributed by atoms with Gasteiger partial charge in [0.2, 0.25) is 23.6 Å². The first kappa shape index (κ1) is 25.9. The lowest BCUT2D eigenvalue weighted by Gasteiger charge is -2.27. The summed E-state index contributed by atoms with van der Waals surface area (Å²) in [4.78, 5) is 62.5. The van der Waals surface area contributed by atoms with Gasteiger partial charge >= 0.3 is 5.97 Å². The summed E-state index contributed by atoms with van der Waals surface area (Å²) >= 11 is 1.49. The molecule has 2 aliphatic heterocycles. The maximum Gasteiger partial charge on any atom is 0.330 e. The number of para-hydroxylation sites is 2. The minimum Gasteiger partial charge on any atom is -0.479 e. The molecule has 3 amide bonds. The second-order valence-corrected chi connectivity index (χ2v) is 11.2. The molecule has 6 rings (SSSR count). The number of carboxylic acid groups (broad SMARTS) is 1. The van der Waals surface area contributed by atoms with Crippen molar-refractivity contribution in [2.24, 2.45) is 5.92 Å². The fraction of sp³-hybridized carbons (Fsp3) is 0.357. The molecule has 1 saturated carbocycles. The SMILES string of the molecule is C=C[C@@H]1C[C@]1(NC(=O)[C@@H]1C[C@@H](Oc2nc3ccccc3nc2-c2cccs2)CN1C(=O)[C@@H]1CCC(=O)N1)C(=O)O. The minimum atomic E-state index is -1.44. The standard InChI is InChI=1S/C28H27N5O6S/c1-2-15-13-28(15,27(37)38)32-24(35)20-12-16(14-33(20)26(36)19-9-10-22(34)29-19)39-25-23(21-8-5-11-40-21)30-17-6-3-4-7-18(17)31-25/h2-8,11,15-16,19-20H,1,9-10,12-14H2,(H,29,34)(H,32,35)(H,37,38)/t15-,16-,19+,20+,28-/m1/s1. The van der Waals surface area contributed by atoms with Gasteiger partial charge in [-0.2, -0.15) is 0 Å². The summed E-state index contributed by atoms with van der Waals surface area (Å²) in [5.41, 5.74) is 0.457. The Morgan fingerprint density at radius 2 is 1.98 bits per heavy atom. The molecular weight excluding hydrogens is 534 g/mol. The van der Waals surface area contributed by atoms with Crippen molar-refractivity contribution in [2.75, 3.05) is 6.54 Å². The summed E-state index contributed by atoms with van der Waals surface area (Å²) in [5.74, 6) is -2.48. The lowest BCUT2D eigenvalue weighted by molar-refractivity contribution is -0.145. The summed E-state index contributed by atoms with van der Waals surface area (Å²) in [6.07, 6.45) is 1.78. The number of hydrogen-bond donors (Lipinski definition) is 3. The predicted molar refractivity (Wildman–Crippen MR) is 145 cm³/mol. The van der Waals surface area contributed by atoms with Crippen LogP contribution < -0.4 is 15.4 Å². The van der Waals surface area contributed by atoms with Crippen LogP contribution in [0.4, 0.5) is 0 Å². The number of carbonyl (C=O) groups is 4. The van der Waals surface area contributed by atoms with Crippen molar-refractivity contribution in [3.63, 3.8) is 0 Å². The van der Waals surface area contributed by atoms with Crippen molar-refractivity contribution in [2.45, 2.75) is 49.4 Å². The number of nitrogens with zero attached hydrogens (tertiary/aromatic N) is 3. The molecule has 0 unspecified atom stereocenters. The molecule has 2 saturated heterocycles. The minimum absolute atomic E-state index is 0.0621. The van der Waals surface area contributed by atoms with Gasteiger partial charge in [0.05, 0.1) is 22.5 Å². The molecule has 0 spiro atoms. The van der Waals surface area contributed by atoms with Crippen molar-refractivity contribution >= 4 is 46.1 Å². The molecule has 2 aromatic heterocycles. The van der Waals surface area contributed by atoms with E-state index in [1.807, 2.05) is 41.8 Å². The number of carboxylic acids is 1. The molecule has 3 fully saturated rings. The van der Waals surface area contributed by atoms with Crippen molar-refractivity contribution in [1.82, 2.24) is 25.5 Å². The van der Waals surface area contributed by atoms with Gasteiger partial charge in [-0.1, -0.05) is 24.3 Å². The number of aromatic nitrogens is 2. The number of aliphatic carboxylic acids is 1. The average molecular weight is 562 g/mol. The summed E-state index contributed by atoms with van der Waals surface area (Å²) < 4.78 is 6.36. The van der Waals surface area contributed by atoms with Crippen LogP contribution in [0, 0.1) is 5.92 Å². The number of carbonyl (C=O) groups excluding carboxylic acids is 3. The zero-order chi connectivity index (χ0) is 28.0. The van der Waals surface area contributed by atoms with E-state index in [1.165, 1.54) is 22.3 Å². The molecule has 5 atom stereocenters. The van der Waals surface area contributed by atoms with Crippen LogP contribution in [0.2, 0.25) is 0 Å². The molecule has 12 heteroatoms. The smallest absolute Gasteiger partial charge is 0.330 e. The highest BCUT2D eigenvalue weighted by molar-refractivity contribution is 7.13. The van der Waals surface area contributed by atoms with Crippen molar-refractivity contribution in [3.8, 4) is 16.5 Å². The third kappa shape index (κ3) is 4.57. The van der Waals surface area contributed by atoms with Crippen LogP contribution in [0.3, 0.4) is 0 Å². The largest absolute Gasteiger partial charge is 0.479 e. The van der Waals surface area contributed by atoms with E-state index in [0.717, 1.165) is 4.88 Å². The van der Waals surface area contributed by atoms with Gasteiger partial charge in [-0.25, -0.2) is 14.8 Å². The second-order valence-electron chi connectivity index (χ2n) is 10.3. The van der Waals surface area contributed by atoms with E-state index in [1.54, 1.807) is 0 Å². The van der Waals surface area contributed by atoms with E-state index >= 15 is 0 Å². The van der Waals surface area contributed by atoms with E-state index in [9.17, 15) is 24.3 Å². The number of amides is 3. The number of benzene rings is 1. The zero-order valence-corrected chi connectivity index (χ0v) is 22.2. The number of rotatable bonds is 8. The third-order valence-electron chi connectivity index (χ3n) is 7.74. The Bertz CT molecular complexity index is 1530. The van der Waals surface area contributed by atoms with Gasteiger partial charge in [-0.15, -0.1) is 17.9 Å². The lowest BCUT2D eigenvalue weighted by Crippen LogP contribution is -2.55. The molecule has 0 radical (unpaired) electrons. The topological polar surface area (TPSA) is 151 Å². The summed E-state index contributed by atoms with van der Waals surface area (Å²) in [5, 5.41) is 17.1. The Hall–Kier alpha value is -4.32. The zero-order valence-electron chi connectivity index (χ0n) is 21.4. The Morgan fingerprint density at radius 3 is 2.60 bits per heavy atom. The summed E-state index contributed by atoms with van der Waals surface area (Å²) in [6.45, 7) is 3.73. The van der Waals surface area contributed by atoms with Crippen molar-refractivity contribution < 1.29 is 29.0 Å². The van der Waals surface area contributed by atoms with Crippen LogP contribution >= 0.6 is 11.3 Å². The van der Waals surface area contributed by atoms with E-state index in [4.69, 9.17) is 14.7 Å². The molecule has 1 aromatic carbocycles. The van der Waals surface area contributed by atoms with Gasteiger partial charge in [-0.05, 0) is 36.4 Å². The first-order valence-corrected chi connectivity index (χ1v) is 13.9. The highest BCUT2D eigenvalue weighted by atomic mass is 32.1. The first-order chi connectivity index (χ1) is 19.3. The van der Waals surface area contributed by atoms with Crippen LogP contribution in [0.5, 0.6) is 5.88 Å². The van der Waals surface area contributed by atoms with Crippen molar-refractivity contribution in [3.05, 3.63) is 54.4 Å². The normalized spacial score (nSPS) is 27.3. The molecule has 40 heavy (non-hydrogen) atoms. The third-order valence-corrected chi connectivity index (χ3v) is 8.62. The number of nitrogens with one attached hydrogen (secondary N) is 2. The Balaban J connectivity index is 1.30.